The molecule has 0 bridgehead atoms. The molecule has 1 aliphatic rings. The molecule has 0 unspecified atom stereocenters. The van der Waals surface area contributed by atoms with Crippen molar-refractivity contribution in [2.75, 3.05) is 23.3 Å². The molecule has 144 valence electrons. The van der Waals surface area contributed by atoms with Crippen LogP contribution in [0.1, 0.15) is 35.5 Å². The minimum atomic E-state index is -0.228. The first-order valence-electron chi connectivity index (χ1n) is 9.66. The van der Waals surface area contributed by atoms with Gasteiger partial charge in [-0.3, -0.25) is 4.79 Å². The fourth-order valence-electron chi connectivity index (χ4n) is 3.35. The molecule has 2 aromatic heterocycles. The Morgan fingerprint density at radius 2 is 1.79 bits per heavy atom. The number of amides is 1. The average Bonchev–Trinajstić information content (AvgIpc) is 3.27. The van der Waals surface area contributed by atoms with E-state index in [-0.39, 0.29) is 5.91 Å². The molecule has 4 rings (SSSR count). The predicted molar refractivity (Wildman–Crippen MR) is 110 cm³/mol. The number of carbonyl (C=O) groups is 1. The number of aromatic nitrogens is 1. The minimum Gasteiger partial charge on any atom is -0.467 e. The van der Waals surface area contributed by atoms with Gasteiger partial charge in [0, 0.05) is 24.5 Å². The molecule has 0 radical (unpaired) electrons. The number of carbonyl (C=O) groups excluding carboxylic acids is 1. The number of anilines is 3. The van der Waals surface area contributed by atoms with Gasteiger partial charge < -0.3 is 20.0 Å². The Balaban J connectivity index is 1.33. The highest BCUT2D eigenvalue weighted by Gasteiger charge is 2.11. The highest BCUT2D eigenvalue weighted by molar-refractivity contribution is 5.92. The normalized spacial score (nSPS) is 13.9. The van der Waals surface area contributed by atoms with Crippen LogP contribution in [0.5, 0.6) is 0 Å². The quantitative estimate of drug-likeness (QED) is 0.670. The van der Waals surface area contributed by atoms with Gasteiger partial charge in [-0.15, -0.1) is 0 Å². The number of hydrogen-bond acceptors (Lipinski definition) is 5. The summed E-state index contributed by atoms with van der Waals surface area (Å²) in [6, 6.07) is 15.6. The summed E-state index contributed by atoms with van der Waals surface area (Å²) in [5.74, 6) is 0.480. The molecule has 1 aliphatic heterocycles. The van der Waals surface area contributed by atoms with E-state index in [1.165, 1.54) is 24.9 Å². The summed E-state index contributed by atoms with van der Waals surface area (Å²) in [4.78, 5) is 18.8. The van der Waals surface area contributed by atoms with Gasteiger partial charge >= 0.3 is 0 Å². The lowest BCUT2D eigenvalue weighted by Crippen LogP contribution is -2.29. The van der Waals surface area contributed by atoms with Crippen molar-refractivity contribution in [3.05, 3.63) is 72.4 Å². The van der Waals surface area contributed by atoms with Gasteiger partial charge in [-0.25, -0.2) is 4.98 Å². The van der Waals surface area contributed by atoms with Gasteiger partial charge in [0.15, 0.2) is 0 Å². The van der Waals surface area contributed by atoms with Gasteiger partial charge in [0.1, 0.15) is 11.5 Å². The van der Waals surface area contributed by atoms with E-state index in [9.17, 15) is 4.79 Å². The molecule has 1 saturated heterocycles. The fourth-order valence-corrected chi connectivity index (χ4v) is 3.35. The number of hydrogen-bond donors (Lipinski definition) is 2. The van der Waals surface area contributed by atoms with Crippen LogP contribution in [-0.4, -0.2) is 24.0 Å². The van der Waals surface area contributed by atoms with Crippen LogP contribution in [0.2, 0.25) is 0 Å². The van der Waals surface area contributed by atoms with Gasteiger partial charge in [-0.05, 0) is 67.8 Å². The minimum absolute atomic E-state index is 0.228. The third-order valence-corrected chi connectivity index (χ3v) is 4.88. The number of furan rings is 1. The maximum atomic E-state index is 12.2. The molecule has 1 amide bonds. The SMILES string of the molecule is O=C(NCc1ccco1)c1ccc(Nc2ccc(N3CCCCC3)cc2)cn1. The fraction of sp³-hybridized carbons (Fsp3) is 0.273. The van der Waals surface area contributed by atoms with E-state index in [1.54, 1.807) is 24.6 Å². The third-order valence-electron chi connectivity index (χ3n) is 4.88. The molecular weight excluding hydrogens is 352 g/mol. The van der Waals surface area contributed by atoms with Crippen LogP contribution in [-0.2, 0) is 6.54 Å². The first-order chi connectivity index (χ1) is 13.8. The van der Waals surface area contributed by atoms with E-state index in [4.69, 9.17) is 4.42 Å². The zero-order chi connectivity index (χ0) is 19.2. The van der Waals surface area contributed by atoms with E-state index in [0.29, 0.717) is 18.0 Å². The second-order valence-electron chi connectivity index (χ2n) is 6.91. The smallest absolute Gasteiger partial charge is 0.270 e. The van der Waals surface area contributed by atoms with Crippen molar-refractivity contribution in [1.82, 2.24) is 10.3 Å². The Hall–Kier alpha value is -3.28. The van der Waals surface area contributed by atoms with E-state index < -0.39 is 0 Å². The van der Waals surface area contributed by atoms with Crippen LogP contribution >= 0.6 is 0 Å². The van der Waals surface area contributed by atoms with Crippen LogP contribution in [0.4, 0.5) is 17.1 Å². The van der Waals surface area contributed by atoms with Crippen LogP contribution in [0.15, 0.2) is 65.4 Å². The molecule has 0 atom stereocenters. The van der Waals surface area contributed by atoms with E-state index in [1.807, 2.05) is 12.1 Å². The number of piperidine rings is 1. The van der Waals surface area contributed by atoms with E-state index in [2.05, 4.69) is 44.8 Å². The molecule has 3 aromatic rings. The lowest BCUT2D eigenvalue weighted by atomic mass is 10.1. The lowest BCUT2D eigenvalue weighted by molar-refractivity contribution is 0.0943. The molecule has 6 nitrogen and oxygen atoms in total. The summed E-state index contributed by atoms with van der Waals surface area (Å²) in [6.45, 7) is 2.62. The van der Waals surface area contributed by atoms with Crippen molar-refractivity contribution in [3.63, 3.8) is 0 Å². The summed E-state index contributed by atoms with van der Waals surface area (Å²) >= 11 is 0. The zero-order valence-corrected chi connectivity index (χ0v) is 15.7. The Kier molecular flexibility index (Phi) is 5.56. The van der Waals surface area contributed by atoms with E-state index >= 15 is 0 Å². The number of nitrogens with one attached hydrogen (secondary N) is 2. The monoisotopic (exact) mass is 376 g/mol. The Morgan fingerprint density at radius 1 is 1.00 bits per heavy atom. The number of pyridine rings is 1. The first kappa shape index (κ1) is 18.1. The zero-order valence-electron chi connectivity index (χ0n) is 15.7. The largest absolute Gasteiger partial charge is 0.467 e. The maximum Gasteiger partial charge on any atom is 0.270 e. The van der Waals surface area contributed by atoms with Crippen LogP contribution in [0, 0.1) is 0 Å². The standard InChI is InChI=1S/C22H24N4O2/c27-22(24-16-20-5-4-14-28-20)21-11-8-18(15-23-21)25-17-6-9-19(10-7-17)26-12-2-1-3-13-26/h4-11,14-15,25H,1-3,12-13,16H2,(H,24,27). The van der Waals surface area contributed by atoms with Crippen molar-refractivity contribution in [2.24, 2.45) is 0 Å². The number of benzene rings is 1. The first-order valence-corrected chi connectivity index (χ1v) is 9.66. The second kappa shape index (κ2) is 8.61. The Bertz CT molecular complexity index is 883. The summed E-state index contributed by atoms with van der Waals surface area (Å²) < 4.78 is 5.20. The van der Waals surface area contributed by atoms with Crippen LogP contribution < -0.4 is 15.5 Å². The number of rotatable bonds is 6. The van der Waals surface area contributed by atoms with Crippen molar-refractivity contribution < 1.29 is 9.21 Å². The molecule has 28 heavy (non-hydrogen) atoms. The van der Waals surface area contributed by atoms with Crippen molar-refractivity contribution >= 4 is 23.0 Å². The van der Waals surface area contributed by atoms with Crippen LogP contribution in [0.25, 0.3) is 0 Å². The molecule has 1 aromatic carbocycles. The lowest BCUT2D eigenvalue weighted by Gasteiger charge is -2.28. The highest BCUT2D eigenvalue weighted by Crippen LogP contribution is 2.23. The Labute approximate surface area is 164 Å². The summed E-state index contributed by atoms with van der Waals surface area (Å²) in [5.41, 5.74) is 3.48. The molecule has 3 heterocycles. The summed E-state index contributed by atoms with van der Waals surface area (Å²) in [7, 11) is 0. The second-order valence-corrected chi connectivity index (χ2v) is 6.91. The average molecular weight is 376 g/mol. The predicted octanol–water partition coefficient (Wildman–Crippen LogP) is 4.34. The van der Waals surface area contributed by atoms with Crippen molar-refractivity contribution in [2.45, 2.75) is 25.8 Å². The molecular formula is C22H24N4O2. The Morgan fingerprint density at radius 3 is 2.46 bits per heavy atom. The van der Waals surface area contributed by atoms with Crippen molar-refractivity contribution in [1.29, 1.82) is 0 Å². The molecule has 0 aliphatic carbocycles. The molecule has 1 fully saturated rings. The number of nitrogens with zero attached hydrogens (tertiary/aromatic N) is 2. The molecule has 6 heteroatoms. The van der Waals surface area contributed by atoms with Crippen molar-refractivity contribution in [3.8, 4) is 0 Å². The molecule has 0 spiro atoms. The molecule has 0 saturated carbocycles. The topological polar surface area (TPSA) is 70.4 Å². The summed E-state index contributed by atoms with van der Waals surface area (Å²) in [6.07, 6.45) is 7.12. The van der Waals surface area contributed by atoms with Crippen LogP contribution in [0.3, 0.4) is 0 Å². The molecule has 2 N–H and O–H groups in total. The third kappa shape index (κ3) is 4.52. The van der Waals surface area contributed by atoms with Gasteiger partial charge in [0.2, 0.25) is 0 Å². The van der Waals surface area contributed by atoms with Gasteiger partial charge in [0.25, 0.3) is 5.91 Å². The highest BCUT2D eigenvalue weighted by atomic mass is 16.3. The maximum absolute atomic E-state index is 12.2. The summed E-state index contributed by atoms with van der Waals surface area (Å²) in [5, 5.41) is 6.11. The van der Waals surface area contributed by atoms with Gasteiger partial charge in [-0.2, -0.15) is 0 Å². The van der Waals surface area contributed by atoms with Gasteiger partial charge in [-0.1, -0.05) is 0 Å². The van der Waals surface area contributed by atoms with Gasteiger partial charge in [0.05, 0.1) is 24.7 Å². The van der Waals surface area contributed by atoms with E-state index in [0.717, 1.165) is 24.5 Å².